The molecule has 2 aliphatic heterocycles. The molecule has 0 aliphatic carbocycles. The highest BCUT2D eigenvalue weighted by Gasteiger charge is 2.42. The summed E-state index contributed by atoms with van der Waals surface area (Å²) >= 11 is 1.85. The zero-order valence-electron chi connectivity index (χ0n) is 18.1. The number of nitrogens with two attached hydrogens (primary N) is 1. The molecule has 0 aromatic heterocycles. The molecule has 0 aromatic carbocycles. The number of carbonyl (C=O) groups is 2. The second-order valence-electron chi connectivity index (χ2n) is 8.32. The van der Waals surface area contributed by atoms with Crippen LogP contribution in [0.25, 0.3) is 0 Å². The van der Waals surface area contributed by atoms with E-state index in [1.807, 2.05) is 11.8 Å². The van der Waals surface area contributed by atoms with Gasteiger partial charge in [-0.25, -0.2) is 4.79 Å². The van der Waals surface area contributed by atoms with Crippen LogP contribution in [0, 0.1) is 0 Å². The second kappa shape index (κ2) is 13.3. The van der Waals surface area contributed by atoms with E-state index in [4.69, 9.17) is 5.73 Å². The molecule has 0 unspecified atom stereocenters. The topological polar surface area (TPSA) is 103 Å². The number of nitrogens with one attached hydrogen (secondary N) is 3. The minimum absolute atomic E-state index is 0.0718. The molecule has 168 valence electrons. The van der Waals surface area contributed by atoms with E-state index in [-0.39, 0.29) is 24.0 Å². The number of unbranched alkanes of at least 4 members (excludes halogenated alkanes) is 1. The van der Waals surface area contributed by atoms with Crippen LogP contribution in [-0.2, 0) is 4.79 Å². The van der Waals surface area contributed by atoms with E-state index in [0.29, 0.717) is 11.7 Å². The van der Waals surface area contributed by atoms with Crippen LogP contribution in [0.3, 0.4) is 0 Å². The van der Waals surface area contributed by atoms with Gasteiger partial charge >= 0.3 is 6.03 Å². The first-order chi connectivity index (χ1) is 14.0. The molecule has 9 heteroatoms. The Kier molecular flexibility index (Phi) is 11.1. The molecule has 3 atom stereocenters. The summed E-state index contributed by atoms with van der Waals surface area (Å²) in [5, 5.41) is 9.28. The molecule has 5 N–H and O–H groups in total. The molecule has 29 heavy (non-hydrogen) atoms. The van der Waals surface area contributed by atoms with E-state index >= 15 is 0 Å². The predicted octanol–water partition coefficient (Wildman–Crippen LogP) is 0.431. The highest BCUT2D eigenvalue weighted by molar-refractivity contribution is 8.00. The Labute approximate surface area is 180 Å². The van der Waals surface area contributed by atoms with Gasteiger partial charge in [0.05, 0.1) is 12.1 Å². The summed E-state index contributed by atoms with van der Waals surface area (Å²) in [7, 11) is 4.31. The van der Waals surface area contributed by atoms with Crippen LogP contribution < -0.4 is 21.7 Å². The Morgan fingerprint density at radius 3 is 2.45 bits per heavy atom. The van der Waals surface area contributed by atoms with Crippen molar-refractivity contribution in [3.8, 4) is 0 Å². The molecule has 2 rings (SSSR count). The third-order valence-corrected chi connectivity index (χ3v) is 7.22. The van der Waals surface area contributed by atoms with Crippen molar-refractivity contribution in [2.24, 2.45) is 5.73 Å². The minimum atomic E-state index is -0.0718. The number of fused-ring (bicyclic) bond motifs is 1. The van der Waals surface area contributed by atoms with Gasteiger partial charge in [-0.1, -0.05) is 0 Å². The molecule has 0 aromatic rings. The van der Waals surface area contributed by atoms with E-state index < -0.39 is 0 Å². The maximum Gasteiger partial charge on any atom is 0.315 e. The van der Waals surface area contributed by atoms with Gasteiger partial charge in [0.25, 0.3) is 0 Å². The van der Waals surface area contributed by atoms with E-state index in [2.05, 4.69) is 39.8 Å². The number of thioether (sulfide) groups is 1. The standard InChI is InChI=1S/C20H40N6O2S/c1-25(13-5-9-21)11-3-4-12-26(2)14-6-10-22-18(27)8-7-17-19-16(15-29-17)23-20(28)24-19/h16-17,19H,3-15,21H2,1-2H3,(H,22,27)(H2,23,24,28)/t16-,17-,19-/m0/s1. The van der Waals surface area contributed by atoms with Crippen LogP contribution in [0.15, 0.2) is 0 Å². The summed E-state index contributed by atoms with van der Waals surface area (Å²) in [6.07, 6.45) is 5.79. The third kappa shape index (κ3) is 9.11. The van der Waals surface area contributed by atoms with Crippen LogP contribution in [-0.4, -0.2) is 98.2 Å². The number of rotatable bonds is 15. The Balaban J connectivity index is 1.43. The van der Waals surface area contributed by atoms with Crippen molar-refractivity contribution in [3.63, 3.8) is 0 Å². The molecule has 2 heterocycles. The minimum Gasteiger partial charge on any atom is -0.356 e. The quantitative estimate of drug-likeness (QED) is 0.223. The van der Waals surface area contributed by atoms with E-state index in [0.717, 1.165) is 64.3 Å². The Morgan fingerprint density at radius 2 is 1.76 bits per heavy atom. The summed E-state index contributed by atoms with van der Waals surface area (Å²) in [6.45, 7) is 5.80. The first-order valence-corrected chi connectivity index (χ1v) is 12.1. The number of amides is 3. The summed E-state index contributed by atoms with van der Waals surface area (Å²) in [6, 6.07) is 0.328. The second-order valence-corrected chi connectivity index (χ2v) is 9.59. The molecule has 0 spiro atoms. The predicted molar refractivity (Wildman–Crippen MR) is 120 cm³/mol. The van der Waals surface area contributed by atoms with Gasteiger partial charge in [0, 0.05) is 24.0 Å². The maximum atomic E-state index is 12.1. The van der Waals surface area contributed by atoms with Crippen LogP contribution in [0.4, 0.5) is 4.79 Å². The molecule has 8 nitrogen and oxygen atoms in total. The highest BCUT2D eigenvalue weighted by Crippen LogP contribution is 2.32. The largest absolute Gasteiger partial charge is 0.356 e. The number of hydrogen-bond donors (Lipinski definition) is 4. The Morgan fingerprint density at radius 1 is 1.10 bits per heavy atom. The van der Waals surface area contributed by atoms with Crippen molar-refractivity contribution in [3.05, 3.63) is 0 Å². The lowest BCUT2D eigenvalue weighted by molar-refractivity contribution is -0.121. The number of urea groups is 1. The molecular weight excluding hydrogens is 388 g/mol. The molecule has 3 amide bonds. The molecule has 2 saturated heterocycles. The van der Waals surface area contributed by atoms with Crippen molar-refractivity contribution in [1.29, 1.82) is 0 Å². The lowest BCUT2D eigenvalue weighted by Crippen LogP contribution is -2.37. The average Bonchev–Trinajstić information content (AvgIpc) is 3.24. The normalized spacial score (nSPS) is 23.3. The van der Waals surface area contributed by atoms with Crippen LogP contribution in [0.5, 0.6) is 0 Å². The summed E-state index contributed by atoms with van der Waals surface area (Å²) in [5.74, 6) is 1.06. The third-order valence-electron chi connectivity index (χ3n) is 5.71. The van der Waals surface area contributed by atoms with Gasteiger partial charge in [-0.05, 0) is 78.9 Å². The van der Waals surface area contributed by atoms with Crippen molar-refractivity contribution >= 4 is 23.7 Å². The van der Waals surface area contributed by atoms with Crippen LogP contribution in [0.1, 0.15) is 38.5 Å². The first-order valence-electron chi connectivity index (χ1n) is 11.0. The van der Waals surface area contributed by atoms with E-state index in [9.17, 15) is 9.59 Å². The Bertz CT molecular complexity index is 509. The fourth-order valence-electron chi connectivity index (χ4n) is 3.93. The number of hydrogen-bond acceptors (Lipinski definition) is 6. The van der Waals surface area contributed by atoms with E-state index in [1.54, 1.807) is 0 Å². The van der Waals surface area contributed by atoms with Gasteiger partial charge in [-0.15, -0.1) is 0 Å². The number of nitrogens with zero attached hydrogens (tertiary/aromatic N) is 2. The lowest BCUT2D eigenvalue weighted by Gasteiger charge is -2.19. The smallest absolute Gasteiger partial charge is 0.315 e. The van der Waals surface area contributed by atoms with Crippen molar-refractivity contribution in [2.75, 3.05) is 59.1 Å². The fourth-order valence-corrected chi connectivity index (χ4v) is 5.42. The molecule has 0 saturated carbocycles. The fraction of sp³-hybridized carbons (Fsp3) is 0.900. The monoisotopic (exact) mass is 428 g/mol. The van der Waals surface area contributed by atoms with Gasteiger partial charge in [0.1, 0.15) is 0 Å². The Hall–Kier alpha value is -1.03. The zero-order chi connectivity index (χ0) is 21.1. The summed E-state index contributed by atoms with van der Waals surface area (Å²) in [4.78, 5) is 28.2. The van der Waals surface area contributed by atoms with Crippen LogP contribution in [0.2, 0.25) is 0 Å². The maximum absolute atomic E-state index is 12.1. The first kappa shape index (κ1) is 24.2. The summed E-state index contributed by atoms with van der Waals surface area (Å²) in [5.41, 5.74) is 5.54. The van der Waals surface area contributed by atoms with Crippen molar-refractivity contribution < 1.29 is 9.59 Å². The zero-order valence-corrected chi connectivity index (χ0v) is 18.9. The molecule has 0 bridgehead atoms. The molecular formula is C20H40N6O2S. The van der Waals surface area contributed by atoms with E-state index in [1.165, 1.54) is 12.8 Å². The molecule has 0 radical (unpaired) electrons. The van der Waals surface area contributed by atoms with Gasteiger partial charge in [0.2, 0.25) is 5.91 Å². The highest BCUT2D eigenvalue weighted by atomic mass is 32.2. The van der Waals surface area contributed by atoms with Crippen molar-refractivity contribution in [2.45, 2.75) is 55.9 Å². The summed E-state index contributed by atoms with van der Waals surface area (Å²) < 4.78 is 0. The van der Waals surface area contributed by atoms with Gasteiger partial charge in [-0.3, -0.25) is 4.79 Å². The van der Waals surface area contributed by atoms with Gasteiger partial charge in [-0.2, -0.15) is 11.8 Å². The van der Waals surface area contributed by atoms with Gasteiger partial charge < -0.3 is 31.5 Å². The average molecular weight is 429 g/mol. The van der Waals surface area contributed by atoms with Gasteiger partial charge in [0.15, 0.2) is 0 Å². The van der Waals surface area contributed by atoms with Crippen LogP contribution >= 0.6 is 11.8 Å². The number of carbonyl (C=O) groups excluding carboxylic acids is 2. The SMILES string of the molecule is CN(CCCN)CCCCN(C)CCCNC(=O)CC[C@@H]1SC[C@@H]2NC(=O)N[C@@H]21. The molecule has 2 fully saturated rings. The lowest BCUT2D eigenvalue weighted by atomic mass is 10.0. The van der Waals surface area contributed by atoms with Crippen molar-refractivity contribution in [1.82, 2.24) is 25.8 Å². The molecule has 2 aliphatic rings.